The van der Waals surface area contributed by atoms with Gasteiger partial charge in [-0.1, -0.05) is 0 Å². The molecule has 1 aromatic heterocycles. The maximum Gasteiger partial charge on any atom is 0.152 e. The first-order valence-corrected chi connectivity index (χ1v) is 4.72. The fourth-order valence-corrected chi connectivity index (χ4v) is 2.00. The number of H-pyrrole nitrogens is 1. The number of aromatic amines is 1. The second-order valence-electron chi connectivity index (χ2n) is 2.76. The van der Waals surface area contributed by atoms with Crippen LogP contribution in [-0.2, 0) is 0 Å². The van der Waals surface area contributed by atoms with Gasteiger partial charge in [0.1, 0.15) is 5.75 Å². The van der Waals surface area contributed by atoms with Crippen molar-refractivity contribution in [2.24, 2.45) is 0 Å². The van der Waals surface area contributed by atoms with E-state index < -0.39 is 0 Å². The summed E-state index contributed by atoms with van der Waals surface area (Å²) in [5.74, 6) is 0.680. The SMILES string of the molecule is COc1c(Br)cc(C=O)c2[nH]ncc12. The van der Waals surface area contributed by atoms with Crippen LogP contribution in [0, 0.1) is 0 Å². The lowest BCUT2D eigenvalue weighted by Gasteiger charge is -2.05. The van der Waals surface area contributed by atoms with E-state index in [1.165, 1.54) is 0 Å². The number of carbonyl (C=O) groups is 1. The number of nitrogens with zero attached hydrogens (tertiary/aromatic N) is 1. The molecule has 0 radical (unpaired) electrons. The van der Waals surface area contributed by atoms with Crippen molar-refractivity contribution in [3.63, 3.8) is 0 Å². The minimum Gasteiger partial charge on any atom is -0.495 e. The highest BCUT2D eigenvalue weighted by Crippen LogP contribution is 2.34. The molecule has 0 unspecified atom stereocenters. The minimum atomic E-state index is 0.560. The van der Waals surface area contributed by atoms with Crippen molar-refractivity contribution in [1.82, 2.24) is 10.2 Å². The van der Waals surface area contributed by atoms with Gasteiger partial charge in [-0.15, -0.1) is 0 Å². The number of hydrogen-bond acceptors (Lipinski definition) is 3. The average molecular weight is 255 g/mol. The van der Waals surface area contributed by atoms with Crippen LogP contribution in [0.1, 0.15) is 10.4 Å². The second-order valence-corrected chi connectivity index (χ2v) is 3.61. The fourth-order valence-electron chi connectivity index (χ4n) is 1.38. The summed E-state index contributed by atoms with van der Waals surface area (Å²) in [6, 6.07) is 1.70. The summed E-state index contributed by atoms with van der Waals surface area (Å²) in [6.07, 6.45) is 2.41. The zero-order valence-corrected chi connectivity index (χ0v) is 8.96. The zero-order chi connectivity index (χ0) is 10.1. The van der Waals surface area contributed by atoms with Gasteiger partial charge in [0.25, 0.3) is 0 Å². The van der Waals surface area contributed by atoms with Crippen LogP contribution in [0.4, 0.5) is 0 Å². The van der Waals surface area contributed by atoms with E-state index in [0.29, 0.717) is 16.8 Å². The van der Waals surface area contributed by atoms with Gasteiger partial charge in [-0.05, 0) is 22.0 Å². The van der Waals surface area contributed by atoms with Crippen LogP contribution in [0.2, 0.25) is 0 Å². The van der Waals surface area contributed by atoms with Crippen molar-refractivity contribution in [3.05, 3.63) is 22.3 Å². The van der Waals surface area contributed by atoms with Gasteiger partial charge in [0.15, 0.2) is 6.29 Å². The van der Waals surface area contributed by atoms with Crippen LogP contribution in [0.15, 0.2) is 16.7 Å². The molecule has 2 aromatic rings. The molecule has 72 valence electrons. The predicted octanol–water partition coefficient (Wildman–Crippen LogP) is 2.15. The lowest BCUT2D eigenvalue weighted by atomic mass is 10.1. The Hall–Kier alpha value is -1.36. The summed E-state index contributed by atoms with van der Waals surface area (Å²) < 4.78 is 5.94. The van der Waals surface area contributed by atoms with E-state index in [2.05, 4.69) is 26.1 Å². The number of carbonyl (C=O) groups excluding carboxylic acids is 1. The van der Waals surface area contributed by atoms with Crippen molar-refractivity contribution in [2.45, 2.75) is 0 Å². The Labute approximate surface area is 88.4 Å². The lowest BCUT2D eigenvalue weighted by molar-refractivity contribution is 0.112. The van der Waals surface area contributed by atoms with Crippen LogP contribution < -0.4 is 4.74 Å². The van der Waals surface area contributed by atoms with E-state index >= 15 is 0 Å². The van der Waals surface area contributed by atoms with Crippen LogP contribution in [0.5, 0.6) is 5.75 Å². The maximum atomic E-state index is 10.8. The molecule has 14 heavy (non-hydrogen) atoms. The Morgan fingerprint density at radius 2 is 2.43 bits per heavy atom. The van der Waals surface area contributed by atoms with Crippen molar-refractivity contribution in [3.8, 4) is 5.75 Å². The highest BCUT2D eigenvalue weighted by Gasteiger charge is 2.11. The first kappa shape index (κ1) is 9.21. The second kappa shape index (κ2) is 3.42. The molecule has 2 rings (SSSR count). The number of rotatable bonds is 2. The molecule has 0 saturated heterocycles. The van der Waals surface area contributed by atoms with Gasteiger partial charge < -0.3 is 4.74 Å². The quantitative estimate of drug-likeness (QED) is 0.836. The molecule has 0 fully saturated rings. The number of methoxy groups -OCH3 is 1. The van der Waals surface area contributed by atoms with Gasteiger partial charge in [0.2, 0.25) is 0 Å². The molecule has 4 nitrogen and oxygen atoms in total. The monoisotopic (exact) mass is 254 g/mol. The molecule has 0 spiro atoms. The largest absolute Gasteiger partial charge is 0.495 e. The molecule has 0 amide bonds. The Morgan fingerprint density at radius 3 is 3.07 bits per heavy atom. The van der Waals surface area contributed by atoms with Crippen LogP contribution in [0.3, 0.4) is 0 Å². The summed E-state index contributed by atoms with van der Waals surface area (Å²) in [7, 11) is 1.58. The molecule has 5 heteroatoms. The third-order valence-electron chi connectivity index (χ3n) is 2.00. The first-order valence-electron chi connectivity index (χ1n) is 3.92. The third-order valence-corrected chi connectivity index (χ3v) is 2.59. The molecule has 0 aliphatic carbocycles. The first-order chi connectivity index (χ1) is 6.77. The van der Waals surface area contributed by atoms with Gasteiger partial charge in [-0.3, -0.25) is 9.89 Å². The Kier molecular flexibility index (Phi) is 2.25. The number of halogens is 1. The maximum absolute atomic E-state index is 10.8. The van der Waals surface area contributed by atoms with Gasteiger partial charge in [-0.2, -0.15) is 5.10 Å². The topological polar surface area (TPSA) is 55.0 Å². The van der Waals surface area contributed by atoms with Crippen LogP contribution in [0.25, 0.3) is 10.9 Å². The molecule has 0 saturated carbocycles. The molecule has 1 heterocycles. The van der Waals surface area contributed by atoms with Gasteiger partial charge in [0.05, 0.1) is 28.7 Å². The standard InChI is InChI=1S/C9H7BrN2O2/c1-14-9-6-3-11-12-8(6)5(4-13)2-7(9)10/h2-4H,1H3,(H,11,12). The van der Waals surface area contributed by atoms with Crippen LogP contribution in [-0.4, -0.2) is 23.6 Å². The average Bonchev–Trinajstić information content (AvgIpc) is 2.65. The summed E-state index contributed by atoms with van der Waals surface area (Å²) >= 11 is 3.33. The number of aromatic nitrogens is 2. The molecule has 0 bridgehead atoms. The normalized spacial score (nSPS) is 10.4. The summed E-state index contributed by atoms with van der Waals surface area (Å²) in [5.41, 5.74) is 1.25. The smallest absolute Gasteiger partial charge is 0.152 e. The molecule has 1 aromatic carbocycles. The minimum absolute atomic E-state index is 0.560. The summed E-state index contributed by atoms with van der Waals surface area (Å²) in [6.45, 7) is 0. The van der Waals surface area contributed by atoms with E-state index in [0.717, 1.165) is 16.1 Å². The number of hydrogen-bond donors (Lipinski definition) is 1. The third kappa shape index (κ3) is 1.21. The molecule has 0 aliphatic rings. The number of fused-ring (bicyclic) bond motifs is 1. The summed E-state index contributed by atoms with van der Waals surface area (Å²) in [4.78, 5) is 10.8. The van der Waals surface area contributed by atoms with Gasteiger partial charge >= 0.3 is 0 Å². The summed E-state index contributed by atoms with van der Waals surface area (Å²) in [5, 5.41) is 7.43. The van der Waals surface area contributed by atoms with E-state index in [-0.39, 0.29) is 0 Å². The van der Waals surface area contributed by atoms with Crippen molar-refractivity contribution < 1.29 is 9.53 Å². The van der Waals surface area contributed by atoms with Crippen molar-refractivity contribution in [2.75, 3.05) is 7.11 Å². The Balaban J connectivity index is 2.88. The predicted molar refractivity (Wildman–Crippen MR) is 55.7 cm³/mol. The highest BCUT2D eigenvalue weighted by molar-refractivity contribution is 9.10. The van der Waals surface area contributed by atoms with Crippen molar-refractivity contribution in [1.29, 1.82) is 0 Å². The van der Waals surface area contributed by atoms with E-state index in [1.54, 1.807) is 19.4 Å². The Bertz CT molecular complexity index is 493. The van der Waals surface area contributed by atoms with E-state index in [4.69, 9.17) is 4.74 Å². The number of benzene rings is 1. The molecular weight excluding hydrogens is 248 g/mol. The lowest BCUT2D eigenvalue weighted by Crippen LogP contribution is -1.89. The highest BCUT2D eigenvalue weighted by atomic mass is 79.9. The molecule has 1 N–H and O–H groups in total. The number of aldehydes is 1. The molecule has 0 atom stereocenters. The van der Waals surface area contributed by atoms with Gasteiger partial charge in [-0.25, -0.2) is 0 Å². The Morgan fingerprint density at radius 1 is 1.64 bits per heavy atom. The molecule has 0 aliphatic heterocycles. The zero-order valence-electron chi connectivity index (χ0n) is 7.37. The number of nitrogens with one attached hydrogen (secondary N) is 1. The fraction of sp³-hybridized carbons (Fsp3) is 0.111. The number of ether oxygens (including phenoxy) is 1. The van der Waals surface area contributed by atoms with E-state index in [9.17, 15) is 4.79 Å². The van der Waals surface area contributed by atoms with Gasteiger partial charge in [0, 0.05) is 5.56 Å². The van der Waals surface area contributed by atoms with E-state index in [1.807, 2.05) is 0 Å². The molecular formula is C9H7BrN2O2. The van der Waals surface area contributed by atoms with Crippen molar-refractivity contribution >= 4 is 33.1 Å². The van der Waals surface area contributed by atoms with Crippen LogP contribution >= 0.6 is 15.9 Å².